The third-order valence-electron chi connectivity index (χ3n) is 10.0. The van der Waals surface area contributed by atoms with Gasteiger partial charge in [0.15, 0.2) is 0 Å². The van der Waals surface area contributed by atoms with E-state index >= 15 is 0 Å². The zero-order chi connectivity index (χ0) is 41.6. The second-order valence-corrected chi connectivity index (χ2v) is 14.7. The molecule has 55 heavy (non-hydrogen) atoms. The average molecular weight is 775 g/mol. The van der Waals surface area contributed by atoms with Crippen LogP contribution < -0.4 is 0 Å². The highest BCUT2D eigenvalue weighted by Gasteiger charge is 2.50. The van der Waals surface area contributed by atoms with Crippen LogP contribution in [0.4, 0.5) is 0 Å². The number of carbonyl (C=O) groups excluding carboxylic acids is 5. The predicted octanol–water partition coefficient (Wildman–Crippen LogP) is 8.75. The van der Waals surface area contributed by atoms with E-state index in [9.17, 15) is 34.5 Å². The summed E-state index contributed by atoms with van der Waals surface area (Å²) in [5, 5.41) is 20.3. The Balaban J connectivity index is 7.77. The number of esters is 5. The molecule has 0 aromatic rings. The molecule has 0 aromatic carbocycles. The van der Waals surface area contributed by atoms with Crippen molar-refractivity contribution in [2.24, 2.45) is 35.0 Å². The minimum absolute atomic E-state index is 0.0296. The van der Waals surface area contributed by atoms with Gasteiger partial charge in [0.25, 0.3) is 0 Å². The monoisotopic (exact) mass is 775 g/mol. The smallest absolute Gasteiger partial charge is 0.333 e. The van der Waals surface area contributed by atoms with Crippen LogP contribution >= 0.6 is 0 Å². The molecule has 0 aliphatic heterocycles. The summed E-state index contributed by atoms with van der Waals surface area (Å²) in [6.07, 6.45) is 7.46. The molecule has 0 saturated carbocycles. The van der Waals surface area contributed by atoms with Crippen LogP contribution in [0.1, 0.15) is 150 Å². The molecule has 5 atom stereocenters. The Bertz CT molecular complexity index is 1200. The number of hydrogen-bond donors (Lipinski definition) is 0. The van der Waals surface area contributed by atoms with Gasteiger partial charge in [-0.15, -0.1) is 0 Å². The van der Waals surface area contributed by atoms with Gasteiger partial charge >= 0.3 is 29.8 Å². The number of nitrogens with zero attached hydrogens (tertiary/aromatic N) is 2. The number of unbranched alkanes of at least 4 members (excludes halogenated alkanes) is 5. The van der Waals surface area contributed by atoms with Gasteiger partial charge in [-0.3, -0.25) is 19.2 Å². The molecule has 12 nitrogen and oxygen atoms in total. The summed E-state index contributed by atoms with van der Waals surface area (Å²) in [6.45, 7) is 14.1. The Morgan fingerprint density at radius 2 is 0.945 bits per heavy atom. The topological polar surface area (TPSA) is 179 Å². The molecule has 0 bridgehead atoms. The van der Waals surface area contributed by atoms with Gasteiger partial charge in [-0.05, 0) is 70.6 Å². The standard InChI is InChI=1S/C43H70N2O10/c1-9-14-19-33(30-44)25-36(40(48)54-22-17-12-4)28-43(42(50)52-8,27-35(24-32(6)38(46)51-7)39(47)53-21-16-11-3)29-37(41(49)55-23-18-13-5)26-34(31-45)20-15-10-2/h33-37H,6,9-29H2,1-5,7-8H3. The fraction of sp³-hybridized carbons (Fsp3) is 0.791. The van der Waals surface area contributed by atoms with E-state index in [1.165, 1.54) is 14.2 Å². The first-order valence-corrected chi connectivity index (χ1v) is 20.5. The Morgan fingerprint density at radius 1 is 0.582 bits per heavy atom. The molecule has 0 radical (unpaired) electrons. The van der Waals surface area contributed by atoms with E-state index in [0.29, 0.717) is 32.1 Å². The van der Waals surface area contributed by atoms with Crippen LogP contribution in [0, 0.1) is 57.7 Å². The number of ether oxygens (including phenoxy) is 5. The van der Waals surface area contributed by atoms with Crippen molar-refractivity contribution in [3.8, 4) is 12.1 Å². The third-order valence-corrected chi connectivity index (χ3v) is 10.0. The lowest BCUT2D eigenvalue weighted by Crippen LogP contribution is -2.43. The van der Waals surface area contributed by atoms with E-state index in [4.69, 9.17) is 23.7 Å². The molecule has 12 heteroatoms. The van der Waals surface area contributed by atoms with Crippen molar-refractivity contribution in [1.29, 1.82) is 10.5 Å². The highest BCUT2D eigenvalue weighted by atomic mass is 16.5. The van der Waals surface area contributed by atoms with Crippen LogP contribution in [0.2, 0.25) is 0 Å². The van der Waals surface area contributed by atoms with Crippen molar-refractivity contribution in [3.63, 3.8) is 0 Å². The fourth-order valence-corrected chi connectivity index (χ4v) is 6.78. The number of rotatable bonds is 32. The Hall–Kier alpha value is -3.93. The predicted molar refractivity (Wildman–Crippen MR) is 209 cm³/mol. The summed E-state index contributed by atoms with van der Waals surface area (Å²) in [5.41, 5.74) is -1.77. The van der Waals surface area contributed by atoms with Gasteiger partial charge in [-0.25, -0.2) is 4.79 Å². The van der Waals surface area contributed by atoms with Crippen LogP contribution in [0.3, 0.4) is 0 Å². The Morgan fingerprint density at radius 3 is 1.27 bits per heavy atom. The maximum Gasteiger partial charge on any atom is 0.333 e. The zero-order valence-electron chi connectivity index (χ0n) is 34.9. The summed E-state index contributed by atoms with van der Waals surface area (Å²) in [7, 11) is 2.39. The van der Waals surface area contributed by atoms with E-state index in [-0.39, 0.29) is 63.9 Å². The van der Waals surface area contributed by atoms with Crippen molar-refractivity contribution in [1.82, 2.24) is 0 Å². The molecular weight excluding hydrogens is 704 g/mol. The van der Waals surface area contributed by atoms with Crippen LogP contribution in [-0.4, -0.2) is 63.9 Å². The summed E-state index contributed by atoms with van der Waals surface area (Å²) >= 11 is 0. The maximum absolute atomic E-state index is 14.5. The van der Waals surface area contributed by atoms with Gasteiger partial charge in [0.1, 0.15) is 0 Å². The molecule has 0 fully saturated rings. The highest BCUT2D eigenvalue weighted by molar-refractivity contribution is 5.89. The van der Waals surface area contributed by atoms with E-state index in [2.05, 4.69) is 18.7 Å². The largest absolute Gasteiger partial charge is 0.469 e. The lowest BCUT2D eigenvalue weighted by Gasteiger charge is -2.38. The second kappa shape index (κ2) is 30.3. The fourth-order valence-electron chi connectivity index (χ4n) is 6.78. The number of carbonyl (C=O) groups is 5. The molecule has 0 heterocycles. The van der Waals surface area contributed by atoms with Gasteiger partial charge in [0, 0.05) is 17.4 Å². The molecule has 0 aromatic heterocycles. The minimum Gasteiger partial charge on any atom is -0.469 e. The van der Waals surface area contributed by atoms with Crippen LogP contribution in [-0.2, 0) is 47.7 Å². The summed E-state index contributed by atoms with van der Waals surface area (Å²) in [6, 6.07) is 4.64. The average Bonchev–Trinajstić information content (AvgIpc) is 3.18. The number of methoxy groups -OCH3 is 2. The quantitative estimate of drug-likeness (QED) is 0.0275. The molecule has 0 aliphatic rings. The van der Waals surface area contributed by atoms with Gasteiger partial charge < -0.3 is 23.7 Å². The highest BCUT2D eigenvalue weighted by Crippen LogP contribution is 2.46. The molecule has 0 aliphatic carbocycles. The van der Waals surface area contributed by atoms with Gasteiger partial charge in [-0.2, -0.15) is 10.5 Å². The van der Waals surface area contributed by atoms with E-state index in [0.717, 1.165) is 44.9 Å². The molecule has 0 amide bonds. The van der Waals surface area contributed by atoms with Crippen molar-refractivity contribution in [3.05, 3.63) is 12.2 Å². The lowest BCUT2D eigenvalue weighted by atomic mass is 9.65. The van der Waals surface area contributed by atoms with E-state index in [1.54, 1.807) is 0 Å². The van der Waals surface area contributed by atoms with Crippen LogP contribution in [0.5, 0.6) is 0 Å². The molecule has 5 unspecified atom stereocenters. The van der Waals surface area contributed by atoms with Crippen molar-refractivity contribution >= 4 is 29.8 Å². The van der Waals surface area contributed by atoms with Crippen molar-refractivity contribution in [2.75, 3.05) is 34.0 Å². The first-order valence-electron chi connectivity index (χ1n) is 20.5. The van der Waals surface area contributed by atoms with Gasteiger partial charge in [-0.1, -0.05) is 86.1 Å². The first-order chi connectivity index (χ1) is 26.4. The maximum atomic E-state index is 14.5. The molecule has 0 rings (SSSR count). The van der Waals surface area contributed by atoms with E-state index < -0.39 is 64.9 Å². The lowest BCUT2D eigenvalue weighted by molar-refractivity contribution is -0.164. The summed E-state index contributed by atoms with van der Waals surface area (Å²) in [4.78, 5) is 69.0. The summed E-state index contributed by atoms with van der Waals surface area (Å²) in [5.74, 6) is -7.64. The molecule has 0 spiro atoms. The summed E-state index contributed by atoms with van der Waals surface area (Å²) < 4.78 is 27.5. The third kappa shape index (κ3) is 20.0. The minimum atomic E-state index is -1.74. The molecule has 0 saturated heterocycles. The van der Waals surface area contributed by atoms with Gasteiger partial charge in [0.05, 0.1) is 69.3 Å². The second-order valence-electron chi connectivity index (χ2n) is 14.7. The molecule has 0 N–H and O–H groups in total. The first kappa shape index (κ1) is 51.1. The Labute approximate surface area is 331 Å². The SMILES string of the molecule is C=C(CC(CC(CC(CC(C#N)CCCC)C(=O)OCCCC)(CC(CC(C#N)CCCC)C(=O)OCCCC)C(=O)OC)C(=O)OCCCC)C(=O)OC. The van der Waals surface area contributed by atoms with Gasteiger partial charge in [0.2, 0.25) is 0 Å². The van der Waals surface area contributed by atoms with E-state index in [1.807, 2.05) is 34.6 Å². The van der Waals surface area contributed by atoms with Crippen molar-refractivity contribution in [2.45, 2.75) is 150 Å². The number of nitriles is 2. The normalized spacial score (nSPS) is 14.7. The number of hydrogen-bond acceptors (Lipinski definition) is 12. The van der Waals surface area contributed by atoms with Crippen LogP contribution in [0.25, 0.3) is 0 Å². The molecule has 312 valence electrons. The zero-order valence-corrected chi connectivity index (χ0v) is 34.9. The van der Waals surface area contributed by atoms with Crippen molar-refractivity contribution < 1.29 is 47.7 Å². The Kier molecular flexibility index (Phi) is 28.1. The molecular formula is C43H70N2O10. The van der Waals surface area contributed by atoms with Crippen LogP contribution in [0.15, 0.2) is 12.2 Å².